The van der Waals surface area contributed by atoms with E-state index in [9.17, 15) is 33.2 Å². The van der Waals surface area contributed by atoms with Crippen LogP contribution in [0.3, 0.4) is 0 Å². The lowest BCUT2D eigenvalue weighted by Gasteiger charge is -2.16. The summed E-state index contributed by atoms with van der Waals surface area (Å²) in [5, 5.41) is 20.2. The molecule has 0 amide bonds. The molecule has 0 fully saturated rings. The molecule has 2 rings (SSSR count). The number of benzene rings is 2. The van der Waals surface area contributed by atoms with Gasteiger partial charge in [0.2, 0.25) is 0 Å². The third-order valence-electron chi connectivity index (χ3n) is 3.33. The Morgan fingerprint density at radius 3 is 2.40 bits per heavy atom. The van der Waals surface area contributed by atoms with Gasteiger partial charge >= 0.3 is 12.1 Å². The fourth-order valence-electron chi connectivity index (χ4n) is 2.26. The maximum atomic E-state index is 13.3. The Morgan fingerprint density at radius 2 is 1.84 bits per heavy atom. The lowest BCUT2D eigenvalue weighted by molar-refractivity contribution is -0.384. The van der Waals surface area contributed by atoms with E-state index >= 15 is 0 Å². The smallest absolute Gasteiger partial charge is 0.417 e. The summed E-state index contributed by atoms with van der Waals surface area (Å²) >= 11 is 0. The van der Waals surface area contributed by atoms with Crippen LogP contribution in [0.4, 0.5) is 18.9 Å². The molecule has 25 heavy (non-hydrogen) atoms. The molecule has 0 spiro atoms. The van der Waals surface area contributed by atoms with Gasteiger partial charge in [0, 0.05) is 24.6 Å². The number of nitro benzene ring substituents is 1. The van der Waals surface area contributed by atoms with Gasteiger partial charge < -0.3 is 9.84 Å². The SMILES string of the molecule is CC(=O)OCc1cc([N+](=O)[O-])ccc1-c1ccc(O)cc1C(F)(F)F. The second-order valence-corrected chi connectivity index (χ2v) is 5.11. The maximum absolute atomic E-state index is 13.3. The van der Waals surface area contributed by atoms with Gasteiger partial charge in [-0.2, -0.15) is 13.2 Å². The van der Waals surface area contributed by atoms with E-state index in [0.29, 0.717) is 6.07 Å². The molecule has 0 saturated heterocycles. The topological polar surface area (TPSA) is 89.7 Å². The van der Waals surface area contributed by atoms with Crippen LogP contribution in [0.2, 0.25) is 0 Å². The molecule has 0 saturated carbocycles. The average molecular weight is 355 g/mol. The van der Waals surface area contributed by atoms with Crippen molar-refractivity contribution in [2.75, 3.05) is 0 Å². The maximum Gasteiger partial charge on any atom is 0.417 e. The van der Waals surface area contributed by atoms with Crippen molar-refractivity contribution in [3.05, 3.63) is 57.6 Å². The van der Waals surface area contributed by atoms with Crippen LogP contribution in [0, 0.1) is 10.1 Å². The van der Waals surface area contributed by atoms with Gasteiger partial charge in [0.25, 0.3) is 5.69 Å². The zero-order valence-electron chi connectivity index (χ0n) is 12.8. The predicted molar refractivity (Wildman–Crippen MR) is 80.7 cm³/mol. The fourth-order valence-corrected chi connectivity index (χ4v) is 2.26. The Hall–Kier alpha value is -3.10. The van der Waals surface area contributed by atoms with Crippen molar-refractivity contribution in [1.29, 1.82) is 0 Å². The number of non-ortho nitro benzene ring substituents is 1. The number of alkyl halides is 3. The summed E-state index contributed by atoms with van der Waals surface area (Å²) in [4.78, 5) is 21.2. The number of aromatic hydroxyl groups is 1. The number of phenols is 1. The van der Waals surface area contributed by atoms with Gasteiger partial charge in [0.05, 0.1) is 10.5 Å². The minimum atomic E-state index is -4.76. The number of carbonyl (C=O) groups is 1. The number of hydrogen-bond donors (Lipinski definition) is 1. The van der Waals surface area contributed by atoms with Crippen LogP contribution in [0.15, 0.2) is 36.4 Å². The molecule has 6 nitrogen and oxygen atoms in total. The molecule has 0 aliphatic heterocycles. The van der Waals surface area contributed by atoms with Gasteiger partial charge in [-0.25, -0.2) is 0 Å². The van der Waals surface area contributed by atoms with E-state index in [4.69, 9.17) is 4.74 Å². The van der Waals surface area contributed by atoms with Crippen LogP contribution in [-0.4, -0.2) is 16.0 Å². The quantitative estimate of drug-likeness (QED) is 0.508. The first-order valence-corrected chi connectivity index (χ1v) is 6.91. The summed E-state index contributed by atoms with van der Waals surface area (Å²) in [5.41, 5.74) is -1.69. The van der Waals surface area contributed by atoms with E-state index in [-0.39, 0.29) is 22.4 Å². The van der Waals surface area contributed by atoms with Gasteiger partial charge in [-0.3, -0.25) is 14.9 Å². The zero-order chi connectivity index (χ0) is 18.8. The highest BCUT2D eigenvalue weighted by Gasteiger charge is 2.34. The van der Waals surface area contributed by atoms with Gasteiger partial charge in [-0.1, -0.05) is 6.07 Å². The van der Waals surface area contributed by atoms with Crippen LogP contribution in [-0.2, 0) is 22.3 Å². The van der Waals surface area contributed by atoms with Gasteiger partial charge in [-0.05, 0) is 29.3 Å². The average Bonchev–Trinajstić information content (AvgIpc) is 2.51. The van der Waals surface area contributed by atoms with Crippen molar-refractivity contribution in [2.24, 2.45) is 0 Å². The van der Waals surface area contributed by atoms with Crippen molar-refractivity contribution in [1.82, 2.24) is 0 Å². The number of ether oxygens (including phenoxy) is 1. The molecule has 0 unspecified atom stereocenters. The van der Waals surface area contributed by atoms with Crippen molar-refractivity contribution in [2.45, 2.75) is 19.7 Å². The van der Waals surface area contributed by atoms with Gasteiger partial charge in [0.15, 0.2) is 0 Å². The Kier molecular flexibility index (Phi) is 4.96. The number of esters is 1. The molecule has 0 aliphatic rings. The molecule has 0 bridgehead atoms. The number of nitrogens with zero attached hydrogens (tertiary/aromatic N) is 1. The molecule has 0 radical (unpaired) electrons. The highest BCUT2D eigenvalue weighted by molar-refractivity contribution is 5.74. The molecule has 1 N–H and O–H groups in total. The van der Waals surface area contributed by atoms with E-state index in [2.05, 4.69) is 0 Å². The summed E-state index contributed by atoms with van der Waals surface area (Å²) in [6.07, 6.45) is -4.76. The summed E-state index contributed by atoms with van der Waals surface area (Å²) in [6.45, 7) is 0.684. The number of nitro groups is 1. The Labute approximate surface area is 139 Å². The molecule has 0 aliphatic carbocycles. The predicted octanol–water partition coefficient (Wildman–Crippen LogP) is 4.05. The van der Waals surface area contributed by atoms with Crippen LogP contribution >= 0.6 is 0 Å². The summed E-state index contributed by atoms with van der Waals surface area (Å²) in [7, 11) is 0. The largest absolute Gasteiger partial charge is 0.508 e. The normalized spacial score (nSPS) is 11.2. The first-order chi connectivity index (χ1) is 11.6. The van der Waals surface area contributed by atoms with E-state index in [1.807, 2.05) is 0 Å². The minimum absolute atomic E-state index is 0.0131. The molecule has 132 valence electrons. The number of carbonyl (C=O) groups excluding carboxylic acids is 1. The zero-order valence-corrected chi connectivity index (χ0v) is 12.8. The van der Waals surface area contributed by atoms with Crippen LogP contribution < -0.4 is 0 Å². The molecular formula is C16H12F3NO5. The van der Waals surface area contributed by atoms with Crippen molar-refractivity contribution >= 4 is 11.7 Å². The molecule has 0 aromatic heterocycles. The number of rotatable bonds is 4. The number of hydrogen-bond acceptors (Lipinski definition) is 5. The molecule has 0 atom stereocenters. The highest BCUT2D eigenvalue weighted by Crippen LogP contribution is 2.40. The summed E-state index contributed by atoms with van der Waals surface area (Å²) in [5.74, 6) is -1.25. The molecule has 2 aromatic rings. The molecular weight excluding hydrogens is 343 g/mol. The Morgan fingerprint density at radius 1 is 1.20 bits per heavy atom. The third-order valence-corrected chi connectivity index (χ3v) is 3.33. The lowest BCUT2D eigenvalue weighted by atomic mass is 9.94. The van der Waals surface area contributed by atoms with Crippen LogP contribution in [0.1, 0.15) is 18.1 Å². The van der Waals surface area contributed by atoms with Crippen molar-refractivity contribution < 1.29 is 32.7 Å². The van der Waals surface area contributed by atoms with Crippen LogP contribution in [0.25, 0.3) is 11.1 Å². The van der Waals surface area contributed by atoms with Gasteiger partial charge in [-0.15, -0.1) is 0 Å². The van der Waals surface area contributed by atoms with E-state index in [1.54, 1.807) is 0 Å². The first-order valence-electron chi connectivity index (χ1n) is 6.91. The second kappa shape index (κ2) is 6.80. The minimum Gasteiger partial charge on any atom is -0.508 e. The number of phenolic OH excluding ortho intramolecular Hbond substituents is 1. The van der Waals surface area contributed by atoms with Gasteiger partial charge in [0.1, 0.15) is 12.4 Å². The lowest BCUT2D eigenvalue weighted by Crippen LogP contribution is -2.08. The molecule has 2 aromatic carbocycles. The first kappa shape index (κ1) is 18.2. The van der Waals surface area contributed by atoms with Crippen molar-refractivity contribution in [3.8, 4) is 16.9 Å². The third kappa shape index (κ3) is 4.25. The van der Waals surface area contributed by atoms with E-state index < -0.39 is 35.0 Å². The van der Waals surface area contributed by atoms with E-state index in [0.717, 1.165) is 37.3 Å². The number of halogens is 3. The monoisotopic (exact) mass is 355 g/mol. The Balaban J connectivity index is 2.66. The highest BCUT2D eigenvalue weighted by atomic mass is 19.4. The molecule has 9 heteroatoms. The summed E-state index contributed by atoms with van der Waals surface area (Å²) < 4.78 is 44.6. The van der Waals surface area contributed by atoms with Crippen LogP contribution in [0.5, 0.6) is 5.75 Å². The summed E-state index contributed by atoms with van der Waals surface area (Å²) in [6, 6.07) is 5.94. The van der Waals surface area contributed by atoms with Crippen molar-refractivity contribution in [3.63, 3.8) is 0 Å². The Bertz CT molecular complexity index is 833. The van der Waals surface area contributed by atoms with E-state index in [1.165, 1.54) is 0 Å². The molecule has 0 heterocycles. The second-order valence-electron chi connectivity index (χ2n) is 5.11. The fraction of sp³-hybridized carbons (Fsp3) is 0.188. The standard InChI is InChI=1S/C16H12F3NO5/c1-9(21)25-8-10-6-11(20(23)24)2-4-13(10)14-5-3-12(22)7-15(14)16(17,18)19/h2-7,22H,8H2,1H3.